The van der Waals surface area contributed by atoms with Crippen LogP contribution in [0.3, 0.4) is 0 Å². The lowest BCUT2D eigenvalue weighted by Gasteiger charge is -2.02. The summed E-state index contributed by atoms with van der Waals surface area (Å²) >= 11 is 0. The molecule has 22 heavy (non-hydrogen) atoms. The minimum Gasteiger partial charge on any atom is -0.318 e. The molecule has 3 rings (SSSR count). The summed E-state index contributed by atoms with van der Waals surface area (Å²) in [5.74, 6) is -1.64. The van der Waals surface area contributed by atoms with E-state index in [2.05, 4.69) is 20.6 Å². The molecule has 0 fully saturated rings. The monoisotopic (exact) mass is 301 g/mol. The van der Waals surface area contributed by atoms with E-state index >= 15 is 0 Å². The highest BCUT2D eigenvalue weighted by atomic mass is 19.1. The van der Waals surface area contributed by atoms with Crippen molar-refractivity contribution in [1.82, 2.24) is 20.0 Å². The van der Waals surface area contributed by atoms with Crippen LogP contribution in [0.25, 0.3) is 5.69 Å². The molecule has 1 aromatic carbocycles. The number of rotatable bonds is 3. The third-order valence-corrected chi connectivity index (χ3v) is 2.84. The van der Waals surface area contributed by atoms with Crippen LogP contribution in [0.2, 0.25) is 0 Å². The Kier molecular flexibility index (Phi) is 3.57. The van der Waals surface area contributed by atoms with Crippen molar-refractivity contribution in [1.29, 1.82) is 0 Å². The molecule has 0 radical (unpaired) electrons. The van der Waals surface area contributed by atoms with Crippen LogP contribution < -0.4 is 5.32 Å². The molecule has 0 aliphatic carbocycles. The van der Waals surface area contributed by atoms with Crippen LogP contribution in [0.1, 0.15) is 10.5 Å². The van der Waals surface area contributed by atoms with Crippen LogP contribution in [0.5, 0.6) is 0 Å². The Balaban J connectivity index is 1.80. The molecule has 0 atom stereocenters. The quantitative estimate of drug-likeness (QED) is 0.805. The number of anilines is 1. The lowest BCUT2D eigenvalue weighted by Crippen LogP contribution is -2.13. The third kappa shape index (κ3) is 2.80. The van der Waals surface area contributed by atoms with Gasteiger partial charge in [0, 0.05) is 6.20 Å². The Hall–Kier alpha value is -3.16. The summed E-state index contributed by atoms with van der Waals surface area (Å²) in [4.78, 5) is 15.6. The van der Waals surface area contributed by atoms with Crippen molar-refractivity contribution in [2.45, 2.75) is 0 Å². The van der Waals surface area contributed by atoms with Gasteiger partial charge in [0.2, 0.25) is 0 Å². The van der Waals surface area contributed by atoms with E-state index in [1.165, 1.54) is 47.4 Å². The maximum atomic E-state index is 13.4. The fourth-order valence-electron chi connectivity index (χ4n) is 1.75. The molecule has 0 aliphatic rings. The van der Waals surface area contributed by atoms with Crippen LogP contribution in [-0.2, 0) is 0 Å². The summed E-state index contributed by atoms with van der Waals surface area (Å²) in [5.41, 5.74) is 0.542. The molecule has 0 bridgehead atoms. The number of nitrogens with zero attached hydrogens (tertiary/aromatic N) is 4. The van der Waals surface area contributed by atoms with E-state index in [4.69, 9.17) is 0 Å². The van der Waals surface area contributed by atoms with E-state index < -0.39 is 11.7 Å². The molecular formula is C14H9F2N5O. The minimum atomic E-state index is -0.651. The first-order valence-corrected chi connectivity index (χ1v) is 6.22. The number of carbonyl (C=O) groups excluding carboxylic acids is 1. The zero-order valence-electron chi connectivity index (χ0n) is 11.1. The van der Waals surface area contributed by atoms with Gasteiger partial charge in [-0.1, -0.05) is 5.21 Å². The van der Waals surface area contributed by atoms with Crippen LogP contribution in [0.15, 0.2) is 48.9 Å². The van der Waals surface area contributed by atoms with E-state index in [1.54, 1.807) is 0 Å². The fraction of sp³-hybridized carbons (Fsp3) is 0. The Morgan fingerprint density at radius 3 is 2.64 bits per heavy atom. The Bertz CT molecular complexity index is 816. The maximum Gasteiger partial charge on any atom is 0.277 e. The Morgan fingerprint density at radius 1 is 1.14 bits per heavy atom. The molecule has 110 valence electrons. The van der Waals surface area contributed by atoms with E-state index in [0.29, 0.717) is 5.69 Å². The normalized spacial score (nSPS) is 10.5. The summed E-state index contributed by atoms with van der Waals surface area (Å²) in [7, 11) is 0. The van der Waals surface area contributed by atoms with Crippen molar-refractivity contribution in [2.24, 2.45) is 0 Å². The molecule has 0 aliphatic heterocycles. The molecule has 3 aromatic rings. The van der Waals surface area contributed by atoms with Crippen LogP contribution in [0.4, 0.5) is 14.5 Å². The maximum absolute atomic E-state index is 13.4. The number of hydrogen-bond donors (Lipinski definition) is 1. The number of halogens is 2. The SMILES string of the molecule is O=C(Nc1ccncc1F)c1cn(-c2ccc(F)cc2)nn1. The van der Waals surface area contributed by atoms with Gasteiger partial charge in [-0.2, -0.15) is 0 Å². The van der Waals surface area contributed by atoms with Gasteiger partial charge in [-0.25, -0.2) is 13.5 Å². The standard InChI is InChI=1S/C14H9F2N5O/c15-9-1-3-10(4-2-9)21-8-13(19-20-21)14(22)18-12-5-6-17-7-11(12)16/h1-8H,(H,17,18,22). The average Bonchev–Trinajstić information content (AvgIpc) is 3.00. The van der Waals surface area contributed by atoms with Gasteiger partial charge in [-0.3, -0.25) is 9.78 Å². The van der Waals surface area contributed by atoms with E-state index in [-0.39, 0.29) is 17.2 Å². The molecule has 6 nitrogen and oxygen atoms in total. The number of carbonyl (C=O) groups is 1. The molecular weight excluding hydrogens is 292 g/mol. The zero-order valence-corrected chi connectivity index (χ0v) is 11.1. The number of nitrogens with one attached hydrogen (secondary N) is 1. The second-order valence-corrected chi connectivity index (χ2v) is 4.33. The molecule has 2 heterocycles. The Labute approximate surface area is 123 Å². The lowest BCUT2D eigenvalue weighted by molar-refractivity contribution is 0.102. The highest BCUT2D eigenvalue weighted by molar-refractivity contribution is 6.02. The molecule has 0 unspecified atom stereocenters. The zero-order chi connectivity index (χ0) is 15.5. The summed E-state index contributed by atoms with van der Waals surface area (Å²) < 4.78 is 27.6. The average molecular weight is 301 g/mol. The summed E-state index contributed by atoms with van der Waals surface area (Å²) in [6, 6.07) is 6.85. The number of pyridine rings is 1. The lowest BCUT2D eigenvalue weighted by atomic mass is 10.3. The van der Waals surface area contributed by atoms with Gasteiger partial charge in [0.15, 0.2) is 11.5 Å². The van der Waals surface area contributed by atoms with Crippen molar-refractivity contribution >= 4 is 11.6 Å². The first-order chi connectivity index (χ1) is 10.6. The largest absolute Gasteiger partial charge is 0.318 e. The summed E-state index contributed by atoms with van der Waals surface area (Å²) in [6.45, 7) is 0. The number of amides is 1. The van der Waals surface area contributed by atoms with E-state index in [0.717, 1.165) is 6.20 Å². The molecule has 2 aromatic heterocycles. The van der Waals surface area contributed by atoms with Gasteiger partial charge in [0.1, 0.15) is 5.82 Å². The molecule has 0 spiro atoms. The highest BCUT2D eigenvalue weighted by Crippen LogP contribution is 2.13. The van der Waals surface area contributed by atoms with E-state index in [1.807, 2.05) is 0 Å². The summed E-state index contributed by atoms with van der Waals surface area (Å²) in [5, 5.41) is 9.86. The van der Waals surface area contributed by atoms with Gasteiger partial charge in [-0.05, 0) is 30.3 Å². The molecule has 1 N–H and O–H groups in total. The summed E-state index contributed by atoms with van der Waals surface area (Å²) in [6.07, 6.45) is 3.71. The first-order valence-electron chi connectivity index (χ1n) is 6.22. The second-order valence-electron chi connectivity index (χ2n) is 4.33. The molecule has 1 amide bonds. The molecule has 0 saturated heterocycles. The van der Waals surface area contributed by atoms with Crippen molar-refractivity contribution in [3.8, 4) is 5.69 Å². The molecule has 8 heteroatoms. The van der Waals surface area contributed by atoms with Gasteiger partial charge < -0.3 is 5.32 Å². The van der Waals surface area contributed by atoms with Crippen LogP contribution in [0, 0.1) is 11.6 Å². The number of aromatic nitrogens is 4. The van der Waals surface area contributed by atoms with Crippen molar-refractivity contribution in [3.05, 3.63) is 66.3 Å². The van der Waals surface area contributed by atoms with Crippen molar-refractivity contribution < 1.29 is 13.6 Å². The van der Waals surface area contributed by atoms with Gasteiger partial charge in [0.05, 0.1) is 23.8 Å². The van der Waals surface area contributed by atoms with Crippen LogP contribution >= 0.6 is 0 Å². The topological polar surface area (TPSA) is 72.7 Å². The van der Waals surface area contributed by atoms with Crippen molar-refractivity contribution in [3.63, 3.8) is 0 Å². The van der Waals surface area contributed by atoms with Gasteiger partial charge >= 0.3 is 0 Å². The van der Waals surface area contributed by atoms with Crippen LogP contribution in [-0.4, -0.2) is 25.9 Å². The fourth-order valence-corrected chi connectivity index (χ4v) is 1.75. The minimum absolute atomic E-state index is 0.000497. The predicted molar refractivity (Wildman–Crippen MR) is 73.5 cm³/mol. The highest BCUT2D eigenvalue weighted by Gasteiger charge is 2.13. The van der Waals surface area contributed by atoms with Gasteiger partial charge in [-0.15, -0.1) is 5.10 Å². The third-order valence-electron chi connectivity index (χ3n) is 2.84. The first kappa shape index (κ1) is 13.8. The smallest absolute Gasteiger partial charge is 0.277 e. The van der Waals surface area contributed by atoms with Gasteiger partial charge in [0.25, 0.3) is 5.91 Å². The second kappa shape index (κ2) is 5.68. The molecule has 0 saturated carbocycles. The predicted octanol–water partition coefficient (Wildman–Crippen LogP) is 2.19. The van der Waals surface area contributed by atoms with Crippen molar-refractivity contribution in [2.75, 3.05) is 5.32 Å². The number of hydrogen-bond acceptors (Lipinski definition) is 4. The Morgan fingerprint density at radius 2 is 1.91 bits per heavy atom. The van der Waals surface area contributed by atoms with E-state index in [9.17, 15) is 13.6 Å². The number of benzene rings is 1.